The van der Waals surface area contributed by atoms with Gasteiger partial charge in [-0.1, -0.05) is 0 Å². The van der Waals surface area contributed by atoms with E-state index in [-0.39, 0.29) is 23.3 Å². The van der Waals surface area contributed by atoms with Gasteiger partial charge in [0.25, 0.3) is 5.91 Å². The molecule has 0 atom stereocenters. The number of nitrogens with two attached hydrogens (primary N) is 1. The van der Waals surface area contributed by atoms with Crippen molar-refractivity contribution in [2.75, 3.05) is 11.1 Å². The van der Waals surface area contributed by atoms with Crippen LogP contribution in [0.15, 0.2) is 42.5 Å². The number of hydrogen-bond acceptors (Lipinski definition) is 3. The van der Waals surface area contributed by atoms with Gasteiger partial charge in [-0.2, -0.15) is 0 Å². The highest BCUT2D eigenvalue weighted by Crippen LogP contribution is 2.19. The maximum absolute atomic E-state index is 13.0. The van der Waals surface area contributed by atoms with Crippen LogP contribution in [0.2, 0.25) is 0 Å². The average molecular weight is 288 g/mol. The van der Waals surface area contributed by atoms with E-state index < -0.39 is 5.82 Å². The Balaban J connectivity index is 2.08. The fraction of sp³-hybridized carbons (Fsp3) is 0.188. The minimum atomic E-state index is -0.473. The molecular formula is C16H17FN2O2. The Morgan fingerprint density at radius 1 is 1.19 bits per heavy atom. The predicted molar refractivity (Wildman–Crippen MR) is 81.0 cm³/mol. The number of ether oxygens (including phenoxy) is 1. The Labute approximate surface area is 122 Å². The molecule has 4 nitrogen and oxygen atoms in total. The standard InChI is InChI=1S/C16H17FN2O2/c1-10(2)21-13-6-4-12(5-7-13)19-16(20)14-8-3-11(17)9-15(14)18/h3-10H,18H2,1-2H3,(H,19,20). The van der Waals surface area contributed by atoms with Crippen LogP contribution < -0.4 is 15.8 Å². The average Bonchev–Trinajstić information content (AvgIpc) is 2.40. The van der Waals surface area contributed by atoms with Gasteiger partial charge in [-0.3, -0.25) is 4.79 Å². The molecular weight excluding hydrogens is 271 g/mol. The van der Waals surface area contributed by atoms with Crippen LogP contribution in [0.25, 0.3) is 0 Å². The topological polar surface area (TPSA) is 64.3 Å². The van der Waals surface area contributed by atoms with Crippen LogP contribution in [0.5, 0.6) is 5.75 Å². The molecule has 1 amide bonds. The Kier molecular flexibility index (Phi) is 4.42. The fourth-order valence-corrected chi connectivity index (χ4v) is 1.83. The highest BCUT2D eigenvalue weighted by molar-refractivity contribution is 6.07. The maximum Gasteiger partial charge on any atom is 0.257 e. The number of rotatable bonds is 4. The zero-order valence-corrected chi connectivity index (χ0v) is 11.9. The van der Waals surface area contributed by atoms with Gasteiger partial charge in [0.1, 0.15) is 11.6 Å². The van der Waals surface area contributed by atoms with Crippen LogP contribution in [0.1, 0.15) is 24.2 Å². The molecule has 21 heavy (non-hydrogen) atoms. The van der Waals surface area contributed by atoms with Gasteiger partial charge in [0, 0.05) is 11.4 Å². The van der Waals surface area contributed by atoms with Gasteiger partial charge in [0.15, 0.2) is 0 Å². The molecule has 0 fully saturated rings. The summed E-state index contributed by atoms with van der Waals surface area (Å²) in [5, 5.41) is 2.70. The summed E-state index contributed by atoms with van der Waals surface area (Å²) in [5.74, 6) is -0.131. The quantitative estimate of drug-likeness (QED) is 0.847. The van der Waals surface area contributed by atoms with Gasteiger partial charge in [-0.25, -0.2) is 4.39 Å². The number of benzene rings is 2. The van der Waals surface area contributed by atoms with Crippen molar-refractivity contribution < 1.29 is 13.9 Å². The molecule has 2 rings (SSSR count). The second-order valence-electron chi connectivity index (χ2n) is 4.88. The minimum absolute atomic E-state index is 0.0875. The van der Waals surface area contributed by atoms with Crippen LogP contribution in [-0.4, -0.2) is 12.0 Å². The van der Waals surface area contributed by atoms with Gasteiger partial charge >= 0.3 is 0 Å². The molecule has 0 spiro atoms. The van der Waals surface area contributed by atoms with Crippen LogP contribution in [-0.2, 0) is 0 Å². The highest BCUT2D eigenvalue weighted by Gasteiger charge is 2.10. The molecule has 110 valence electrons. The first kappa shape index (κ1) is 14.8. The van der Waals surface area contributed by atoms with E-state index in [2.05, 4.69) is 5.32 Å². The number of halogens is 1. The van der Waals surface area contributed by atoms with Gasteiger partial charge in [-0.15, -0.1) is 0 Å². The Hall–Kier alpha value is -2.56. The summed E-state index contributed by atoms with van der Waals surface area (Å²) in [4.78, 5) is 12.1. The number of nitrogen functional groups attached to an aromatic ring is 1. The first-order valence-corrected chi connectivity index (χ1v) is 6.59. The number of nitrogens with one attached hydrogen (secondary N) is 1. The number of hydrogen-bond donors (Lipinski definition) is 2. The molecule has 0 aliphatic carbocycles. The van der Waals surface area contributed by atoms with Gasteiger partial charge in [0.2, 0.25) is 0 Å². The summed E-state index contributed by atoms with van der Waals surface area (Å²) in [7, 11) is 0. The molecule has 0 unspecified atom stereocenters. The summed E-state index contributed by atoms with van der Waals surface area (Å²) in [6.07, 6.45) is 0.0875. The summed E-state index contributed by atoms with van der Waals surface area (Å²) in [6.45, 7) is 3.87. The molecule has 5 heteroatoms. The fourth-order valence-electron chi connectivity index (χ4n) is 1.83. The lowest BCUT2D eigenvalue weighted by molar-refractivity contribution is 0.102. The van der Waals surface area contributed by atoms with Gasteiger partial charge < -0.3 is 15.8 Å². The lowest BCUT2D eigenvalue weighted by Crippen LogP contribution is -2.14. The zero-order chi connectivity index (χ0) is 15.4. The zero-order valence-electron chi connectivity index (χ0n) is 11.9. The van der Waals surface area contributed by atoms with Crippen LogP contribution in [0.4, 0.5) is 15.8 Å². The van der Waals surface area contributed by atoms with E-state index in [1.54, 1.807) is 24.3 Å². The number of carbonyl (C=O) groups excluding carboxylic acids is 1. The van der Waals surface area contributed by atoms with Crippen molar-refractivity contribution in [3.8, 4) is 5.75 Å². The lowest BCUT2D eigenvalue weighted by atomic mass is 10.1. The summed E-state index contributed by atoms with van der Waals surface area (Å²) < 4.78 is 18.5. The summed E-state index contributed by atoms with van der Waals surface area (Å²) in [6, 6.07) is 10.7. The normalized spacial score (nSPS) is 10.5. The first-order chi connectivity index (χ1) is 9.95. The maximum atomic E-state index is 13.0. The minimum Gasteiger partial charge on any atom is -0.491 e. The van der Waals surface area contributed by atoms with Crippen LogP contribution >= 0.6 is 0 Å². The van der Waals surface area contributed by atoms with E-state index in [1.165, 1.54) is 12.1 Å². The van der Waals surface area contributed by atoms with Crippen molar-refractivity contribution in [1.82, 2.24) is 0 Å². The third-order valence-corrected chi connectivity index (χ3v) is 2.74. The van der Waals surface area contributed by atoms with Crippen molar-refractivity contribution in [3.63, 3.8) is 0 Å². The molecule has 0 saturated heterocycles. The second-order valence-corrected chi connectivity index (χ2v) is 4.88. The van der Waals surface area contributed by atoms with E-state index in [0.29, 0.717) is 5.69 Å². The van der Waals surface area contributed by atoms with E-state index in [1.807, 2.05) is 13.8 Å². The van der Waals surface area contributed by atoms with E-state index >= 15 is 0 Å². The highest BCUT2D eigenvalue weighted by atomic mass is 19.1. The van der Waals surface area contributed by atoms with Crippen molar-refractivity contribution >= 4 is 17.3 Å². The molecule has 0 aliphatic rings. The molecule has 0 saturated carbocycles. The Bertz CT molecular complexity index is 639. The van der Waals surface area contributed by atoms with Gasteiger partial charge in [0.05, 0.1) is 11.7 Å². The third kappa shape index (κ3) is 3.95. The molecule has 3 N–H and O–H groups in total. The molecule has 0 bridgehead atoms. The van der Waals surface area contributed by atoms with Crippen molar-refractivity contribution in [2.24, 2.45) is 0 Å². The predicted octanol–water partition coefficient (Wildman–Crippen LogP) is 3.45. The van der Waals surface area contributed by atoms with E-state index in [4.69, 9.17) is 10.5 Å². The molecule has 2 aromatic rings. The number of amides is 1. The first-order valence-electron chi connectivity index (χ1n) is 6.59. The Morgan fingerprint density at radius 2 is 1.86 bits per heavy atom. The molecule has 2 aromatic carbocycles. The molecule has 0 heterocycles. The molecule has 0 aromatic heterocycles. The van der Waals surface area contributed by atoms with Crippen molar-refractivity contribution in [2.45, 2.75) is 20.0 Å². The second kappa shape index (κ2) is 6.26. The van der Waals surface area contributed by atoms with Gasteiger partial charge in [-0.05, 0) is 56.3 Å². The summed E-state index contributed by atoms with van der Waals surface area (Å²) >= 11 is 0. The van der Waals surface area contributed by atoms with Crippen molar-refractivity contribution in [3.05, 3.63) is 53.8 Å². The number of carbonyl (C=O) groups is 1. The largest absolute Gasteiger partial charge is 0.491 e. The third-order valence-electron chi connectivity index (χ3n) is 2.74. The lowest BCUT2D eigenvalue weighted by Gasteiger charge is -2.11. The van der Waals surface area contributed by atoms with E-state index in [9.17, 15) is 9.18 Å². The Morgan fingerprint density at radius 3 is 2.43 bits per heavy atom. The molecule has 0 radical (unpaired) electrons. The molecule has 0 aliphatic heterocycles. The number of anilines is 2. The summed E-state index contributed by atoms with van der Waals surface area (Å²) in [5.41, 5.74) is 6.58. The smallest absolute Gasteiger partial charge is 0.257 e. The van der Waals surface area contributed by atoms with Crippen LogP contribution in [0, 0.1) is 5.82 Å². The van der Waals surface area contributed by atoms with Crippen LogP contribution in [0.3, 0.4) is 0 Å². The SMILES string of the molecule is CC(C)Oc1ccc(NC(=O)c2ccc(F)cc2N)cc1. The van der Waals surface area contributed by atoms with E-state index in [0.717, 1.165) is 11.8 Å². The monoisotopic (exact) mass is 288 g/mol. The van der Waals surface area contributed by atoms with Crippen molar-refractivity contribution in [1.29, 1.82) is 0 Å².